The van der Waals surface area contributed by atoms with E-state index in [1.165, 1.54) is 0 Å². The second-order valence-corrected chi connectivity index (χ2v) is 5.93. The average Bonchev–Trinajstić information content (AvgIpc) is 2.85. The molecule has 0 saturated carbocycles. The molecule has 0 fully saturated rings. The summed E-state index contributed by atoms with van der Waals surface area (Å²) in [5.74, 6) is 0.886. The molecule has 1 unspecified atom stereocenters. The van der Waals surface area contributed by atoms with Gasteiger partial charge in [-0.2, -0.15) is 0 Å². The molecule has 0 saturated heterocycles. The number of para-hydroxylation sites is 2. The zero-order chi connectivity index (χ0) is 16.2. The van der Waals surface area contributed by atoms with Gasteiger partial charge in [-0.15, -0.1) is 0 Å². The minimum atomic E-state index is -0.603. The topological polar surface area (TPSA) is 47.3 Å². The highest BCUT2D eigenvalue weighted by Gasteiger charge is 2.12. The quantitative estimate of drug-likeness (QED) is 0.751. The third-order valence-electron chi connectivity index (χ3n) is 3.76. The van der Waals surface area contributed by atoms with Crippen molar-refractivity contribution in [3.8, 4) is 0 Å². The first-order valence-corrected chi connectivity index (χ1v) is 7.94. The number of aliphatic hydroxyl groups excluding tert-OH is 1. The summed E-state index contributed by atoms with van der Waals surface area (Å²) in [6, 6.07) is 15.5. The molecule has 1 N–H and O–H groups in total. The molecule has 0 radical (unpaired) electrons. The second kappa shape index (κ2) is 7.13. The molecule has 0 bridgehead atoms. The molecule has 0 spiro atoms. The van der Waals surface area contributed by atoms with Gasteiger partial charge in [0.15, 0.2) is 0 Å². The van der Waals surface area contributed by atoms with Crippen LogP contribution in [0, 0.1) is 6.92 Å². The summed E-state index contributed by atoms with van der Waals surface area (Å²) in [7, 11) is 0. The number of aromatic nitrogens is 2. The van der Waals surface area contributed by atoms with Gasteiger partial charge in [0.2, 0.25) is 0 Å². The fourth-order valence-corrected chi connectivity index (χ4v) is 2.80. The molecule has 3 rings (SSSR count). The smallest absolute Gasteiger partial charge is 0.106 e. The molecule has 2 aromatic carbocycles. The normalized spacial score (nSPS) is 12.7. The molecule has 0 aliphatic heterocycles. The molecule has 3 aromatic rings. The first-order valence-electron chi connectivity index (χ1n) is 7.56. The minimum absolute atomic E-state index is 0.247. The Morgan fingerprint density at radius 3 is 2.74 bits per heavy atom. The molecule has 1 atom stereocenters. The maximum Gasteiger partial charge on any atom is 0.106 e. The van der Waals surface area contributed by atoms with Crippen LogP contribution in [-0.4, -0.2) is 27.4 Å². The molecule has 0 aliphatic carbocycles. The summed E-state index contributed by atoms with van der Waals surface area (Å²) in [5, 5.41) is 10.9. The molecule has 1 heterocycles. The van der Waals surface area contributed by atoms with Gasteiger partial charge >= 0.3 is 0 Å². The number of rotatable bonds is 6. The highest BCUT2D eigenvalue weighted by Crippen LogP contribution is 2.17. The Kier molecular flexibility index (Phi) is 4.96. The van der Waals surface area contributed by atoms with E-state index in [9.17, 15) is 5.11 Å². The van der Waals surface area contributed by atoms with E-state index >= 15 is 0 Å². The third-order valence-corrected chi connectivity index (χ3v) is 4.13. The van der Waals surface area contributed by atoms with E-state index in [1.807, 2.05) is 60.0 Å². The lowest BCUT2D eigenvalue weighted by Crippen LogP contribution is -2.22. The lowest BCUT2D eigenvalue weighted by atomic mass is 10.2. The van der Waals surface area contributed by atoms with E-state index in [2.05, 4.69) is 4.98 Å². The van der Waals surface area contributed by atoms with Gasteiger partial charge in [-0.25, -0.2) is 4.98 Å². The van der Waals surface area contributed by atoms with Crippen LogP contribution in [0.1, 0.15) is 11.4 Å². The Hall–Kier alpha value is -1.88. The lowest BCUT2D eigenvalue weighted by molar-refractivity contribution is 0.0206. The number of benzene rings is 2. The van der Waals surface area contributed by atoms with Gasteiger partial charge in [0.1, 0.15) is 5.82 Å². The summed E-state index contributed by atoms with van der Waals surface area (Å²) in [4.78, 5) is 4.50. The number of aliphatic hydroxyl groups is 1. The zero-order valence-corrected chi connectivity index (χ0v) is 13.7. The summed E-state index contributed by atoms with van der Waals surface area (Å²) >= 11 is 6.09. The first kappa shape index (κ1) is 16.0. The highest BCUT2D eigenvalue weighted by molar-refractivity contribution is 6.31. The zero-order valence-electron chi connectivity index (χ0n) is 12.9. The molecule has 1 aromatic heterocycles. The first-order chi connectivity index (χ1) is 11.1. The van der Waals surface area contributed by atoms with Crippen LogP contribution in [0.2, 0.25) is 5.02 Å². The fourth-order valence-electron chi connectivity index (χ4n) is 2.61. The number of hydrogen-bond donors (Lipinski definition) is 1. The van der Waals surface area contributed by atoms with Crippen molar-refractivity contribution < 1.29 is 9.84 Å². The lowest BCUT2D eigenvalue weighted by Gasteiger charge is -2.14. The minimum Gasteiger partial charge on any atom is -0.389 e. The molecule has 23 heavy (non-hydrogen) atoms. The predicted octanol–water partition coefficient (Wildman–Crippen LogP) is 3.58. The molecular formula is C18H19ClN2O2. The van der Waals surface area contributed by atoms with Crippen molar-refractivity contribution in [1.82, 2.24) is 9.55 Å². The van der Waals surface area contributed by atoms with Crippen molar-refractivity contribution in [2.75, 3.05) is 6.61 Å². The molecule has 4 nitrogen and oxygen atoms in total. The van der Waals surface area contributed by atoms with Crippen LogP contribution in [0.25, 0.3) is 11.0 Å². The molecule has 120 valence electrons. The van der Waals surface area contributed by atoms with Crippen molar-refractivity contribution in [3.05, 3.63) is 64.9 Å². The van der Waals surface area contributed by atoms with Crippen LogP contribution in [0.15, 0.2) is 48.5 Å². The van der Waals surface area contributed by atoms with Crippen molar-refractivity contribution in [1.29, 1.82) is 0 Å². The van der Waals surface area contributed by atoms with Gasteiger partial charge in [-0.3, -0.25) is 0 Å². The third kappa shape index (κ3) is 3.72. The fraction of sp³-hybridized carbons (Fsp3) is 0.278. The van der Waals surface area contributed by atoms with Crippen molar-refractivity contribution >= 4 is 22.6 Å². The van der Waals surface area contributed by atoms with Crippen LogP contribution >= 0.6 is 11.6 Å². The Morgan fingerprint density at radius 1 is 1.17 bits per heavy atom. The number of halogens is 1. The number of aryl methyl sites for hydroxylation is 1. The van der Waals surface area contributed by atoms with Crippen LogP contribution < -0.4 is 0 Å². The number of hydrogen-bond acceptors (Lipinski definition) is 3. The largest absolute Gasteiger partial charge is 0.389 e. The molecular weight excluding hydrogens is 312 g/mol. The molecule has 5 heteroatoms. The van der Waals surface area contributed by atoms with Crippen LogP contribution in [0.5, 0.6) is 0 Å². The van der Waals surface area contributed by atoms with Crippen molar-refractivity contribution in [2.45, 2.75) is 26.2 Å². The Bertz CT molecular complexity index is 801. The Balaban J connectivity index is 1.60. The van der Waals surface area contributed by atoms with E-state index in [0.717, 1.165) is 22.4 Å². The summed E-state index contributed by atoms with van der Waals surface area (Å²) in [6.07, 6.45) is -0.603. The van der Waals surface area contributed by atoms with Crippen LogP contribution in [0.4, 0.5) is 0 Å². The van der Waals surface area contributed by atoms with Gasteiger partial charge in [0.25, 0.3) is 0 Å². The average molecular weight is 331 g/mol. The maximum absolute atomic E-state index is 10.2. The summed E-state index contributed by atoms with van der Waals surface area (Å²) in [6.45, 7) is 3.03. The van der Waals surface area contributed by atoms with Gasteiger partial charge < -0.3 is 14.4 Å². The number of fused-ring (bicyclic) bond motifs is 1. The Labute approximate surface area is 140 Å². The van der Waals surface area contributed by atoms with Crippen LogP contribution in [0.3, 0.4) is 0 Å². The number of ether oxygens (including phenoxy) is 1. The van der Waals surface area contributed by atoms with Crippen molar-refractivity contribution in [3.63, 3.8) is 0 Å². The van der Waals surface area contributed by atoms with E-state index in [4.69, 9.17) is 16.3 Å². The second-order valence-electron chi connectivity index (χ2n) is 5.52. The molecule has 0 aliphatic rings. The predicted molar refractivity (Wildman–Crippen MR) is 91.6 cm³/mol. The van der Waals surface area contributed by atoms with E-state index < -0.39 is 6.10 Å². The van der Waals surface area contributed by atoms with Gasteiger partial charge in [0, 0.05) is 5.02 Å². The van der Waals surface area contributed by atoms with Gasteiger partial charge in [-0.05, 0) is 30.7 Å². The van der Waals surface area contributed by atoms with Crippen LogP contribution in [-0.2, 0) is 17.9 Å². The number of imidazole rings is 1. The number of nitrogens with zero attached hydrogens (tertiary/aromatic N) is 2. The summed E-state index contributed by atoms with van der Waals surface area (Å²) in [5.41, 5.74) is 2.88. The highest BCUT2D eigenvalue weighted by atomic mass is 35.5. The van der Waals surface area contributed by atoms with Gasteiger partial charge in [-0.1, -0.05) is 41.9 Å². The summed E-state index contributed by atoms with van der Waals surface area (Å²) < 4.78 is 7.61. The van der Waals surface area contributed by atoms with E-state index in [-0.39, 0.29) is 6.61 Å². The van der Waals surface area contributed by atoms with E-state index in [1.54, 1.807) is 0 Å². The maximum atomic E-state index is 10.2. The van der Waals surface area contributed by atoms with Gasteiger partial charge in [0.05, 0.1) is 36.9 Å². The molecule has 0 amide bonds. The monoisotopic (exact) mass is 330 g/mol. The Morgan fingerprint density at radius 2 is 1.91 bits per heavy atom. The van der Waals surface area contributed by atoms with Crippen molar-refractivity contribution in [2.24, 2.45) is 0 Å². The SMILES string of the molecule is Cc1nc2ccccc2n1CC(O)COCc1ccccc1Cl. The van der Waals surface area contributed by atoms with E-state index in [0.29, 0.717) is 18.2 Å². The standard InChI is InChI=1S/C18H19ClN2O2/c1-13-20-17-8-4-5-9-18(17)21(13)10-15(22)12-23-11-14-6-2-3-7-16(14)19/h2-9,15,22H,10-12H2,1H3.